The highest BCUT2D eigenvalue weighted by Crippen LogP contribution is 2.36. The second-order valence-corrected chi connectivity index (χ2v) is 4.18. The molecular formula is C13H16FNO3. The van der Waals surface area contributed by atoms with E-state index in [-0.39, 0.29) is 17.9 Å². The van der Waals surface area contributed by atoms with Gasteiger partial charge in [-0.05, 0) is 19.1 Å². The first-order valence-corrected chi connectivity index (χ1v) is 5.94. The predicted octanol–water partition coefficient (Wildman–Crippen LogP) is 2.02. The van der Waals surface area contributed by atoms with E-state index >= 15 is 0 Å². The summed E-state index contributed by atoms with van der Waals surface area (Å²) in [5.74, 6) is 0.666. The van der Waals surface area contributed by atoms with Gasteiger partial charge in [0.15, 0.2) is 17.3 Å². The van der Waals surface area contributed by atoms with E-state index in [1.165, 1.54) is 19.1 Å². The summed E-state index contributed by atoms with van der Waals surface area (Å²) < 4.78 is 24.5. The number of alkyl halides is 1. The van der Waals surface area contributed by atoms with Crippen LogP contribution in [0.25, 0.3) is 0 Å². The summed E-state index contributed by atoms with van der Waals surface area (Å²) in [5, 5.41) is 0. The Morgan fingerprint density at radius 1 is 1.39 bits per heavy atom. The van der Waals surface area contributed by atoms with Gasteiger partial charge in [-0.25, -0.2) is 4.39 Å². The summed E-state index contributed by atoms with van der Waals surface area (Å²) in [7, 11) is 0. The van der Waals surface area contributed by atoms with Gasteiger partial charge in [-0.15, -0.1) is 0 Å². The molecule has 0 spiro atoms. The van der Waals surface area contributed by atoms with Gasteiger partial charge in [0.2, 0.25) is 0 Å². The van der Waals surface area contributed by atoms with Crippen LogP contribution in [0.3, 0.4) is 0 Å². The van der Waals surface area contributed by atoms with Crippen molar-refractivity contribution < 1.29 is 18.7 Å². The topological polar surface area (TPSA) is 61.6 Å². The number of Topliss-reactive ketones (excluding diaryl/α,β-unsaturated/α-hetero) is 1. The number of carbonyl (C=O) groups is 1. The van der Waals surface area contributed by atoms with Crippen LogP contribution in [0.2, 0.25) is 0 Å². The third kappa shape index (κ3) is 2.46. The van der Waals surface area contributed by atoms with Gasteiger partial charge in [-0.3, -0.25) is 4.79 Å². The Morgan fingerprint density at radius 3 is 2.56 bits per heavy atom. The monoisotopic (exact) mass is 253 g/mol. The number of fused-ring (bicyclic) bond motifs is 1. The van der Waals surface area contributed by atoms with Crippen molar-refractivity contribution in [3.63, 3.8) is 0 Å². The lowest BCUT2D eigenvalue weighted by molar-refractivity contribution is 0.0998. The highest BCUT2D eigenvalue weighted by Gasteiger charge is 2.21. The van der Waals surface area contributed by atoms with Crippen LogP contribution in [-0.2, 0) is 0 Å². The molecule has 18 heavy (non-hydrogen) atoms. The van der Waals surface area contributed by atoms with E-state index in [0.29, 0.717) is 30.3 Å². The van der Waals surface area contributed by atoms with Crippen molar-refractivity contribution in [3.8, 4) is 11.5 Å². The van der Waals surface area contributed by atoms with Gasteiger partial charge < -0.3 is 15.2 Å². The quantitative estimate of drug-likeness (QED) is 0.837. The number of ketones is 1. The van der Waals surface area contributed by atoms with Crippen LogP contribution >= 0.6 is 0 Å². The maximum atomic E-state index is 13.6. The Balaban J connectivity index is 2.51. The molecule has 0 fully saturated rings. The zero-order valence-corrected chi connectivity index (χ0v) is 10.2. The SMILES string of the molecule is CC(F)c1cc2c(cc1C(=O)CN)OCCCO2. The lowest BCUT2D eigenvalue weighted by Crippen LogP contribution is -2.16. The third-order valence-corrected chi connectivity index (χ3v) is 2.83. The number of carbonyl (C=O) groups excluding carboxylic acids is 1. The number of halogens is 1. The summed E-state index contributed by atoms with van der Waals surface area (Å²) in [4.78, 5) is 11.7. The molecule has 0 bridgehead atoms. The van der Waals surface area contributed by atoms with Crippen molar-refractivity contribution in [1.29, 1.82) is 0 Å². The molecule has 1 aliphatic heterocycles. The van der Waals surface area contributed by atoms with Gasteiger partial charge in [0.05, 0.1) is 19.8 Å². The minimum absolute atomic E-state index is 0.153. The zero-order chi connectivity index (χ0) is 13.1. The fourth-order valence-electron chi connectivity index (χ4n) is 1.90. The predicted molar refractivity (Wildman–Crippen MR) is 65.0 cm³/mol. The van der Waals surface area contributed by atoms with E-state index in [0.717, 1.165) is 6.42 Å². The first-order chi connectivity index (χ1) is 8.63. The smallest absolute Gasteiger partial charge is 0.176 e. The molecule has 1 unspecified atom stereocenters. The fourth-order valence-corrected chi connectivity index (χ4v) is 1.90. The second-order valence-electron chi connectivity index (χ2n) is 4.18. The number of nitrogens with two attached hydrogens (primary N) is 1. The highest BCUT2D eigenvalue weighted by molar-refractivity contribution is 5.99. The normalized spacial score (nSPS) is 15.9. The number of hydrogen-bond donors (Lipinski definition) is 1. The molecule has 0 aromatic heterocycles. The Morgan fingerprint density at radius 2 is 2.00 bits per heavy atom. The van der Waals surface area contributed by atoms with Crippen molar-refractivity contribution in [3.05, 3.63) is 23.3 Å². The number of hydrogen-bond acceptors (Lipinski definition) is 4. The highest BCUT2D eigenvalue weighted by atomic mass is 19.1. The van der Waals surface area contributed by atoms with Gasteiger partial charge >= 0.3 is 0 Å². The van der Waals surface area contributed by atoms with Crippen LogP contribution in [0.5, 0.6) is 11.5 Å². The summed E-state index contributed by atoms with van der Waals surface area (Å²) in [6, 6.07) is 3.06. The van der Waals surface area contributed by atoms with E-state index < -0.39 is 6.17 Å². The molecule has 2 rings (SSSR count). The largest absolute Gasteiger partial charge is 0.490 e. The summed E-state index contributed by atoms with van der Waals surface area (Å²) in [6.45, 7) is 2.27. The summed E-state index contributed by atoms with van der Waals surface area (Å²) in [6.07, 6.45) is -0.498. The average molecular weight is 253 g/mol. The van der Waals surface area contributed by atoms with E-state index in [4.69, 9.17) is 15.2 Å². The van der Waals surface area contributed by atoms with Crippen molar-refractivity contribution in [2.45, 2.75) is 19.5 Å². The lowest BCUT2D eigenvalue weighted by Gasteiger charge is -2.14. The van der Waals surface area contributed by atoms with Crippen molar-refractivity contribution in [2.75, 3.05) is 19.8 Å². The van der Waals surface area contributed by atoms with Gasteiger partial charge in [-0.2, -0.15) is 0 Å². The summed E-state index contributed by atoms with van der Waals surface area (Å²) >= 11 is 0. The minimum atomic E-state index is -1.26. The Labute approximate surface area is 105 Å². The molecule has 1 aliphatic rings. The molecule has 0 saturated heterocycles. The Kier molecular flexibility index (Phi) is 3.81. The summed E-state index contributed by atoms with van der Waals surface area (Å²) in [5.41, 5.74) is 5.91. The standard InChI is InChI=1S/C13H16FNO3/c1-8(14)9-5-12-13(18-4-2-3-17-12)6-10(9)11(16)7-15/h5-6,8H,2-4,7,15H2,1H3. The molecule has 4 nitrogen and oxygen atoms in total. The Hall–Kier alpha value is -1.62. The van der Waals surface area contributed by atoms with Crippen molar-refractivity contribution in [1.82, 2.24) is 0 Å². The third-order valence-electron chi connectivity index (χ3n) is 2.83. The molecule has 1 aromatic rings. The molecule has 1 atom stereocenters. The minimum Gasteiger partial charge on any atom is -0.490 e. The maximum absolute atomic E-state index is 13.6. The second kappa shape index (κ2) is 5.35. The average Bonchev–Trinajstić information content (AvgIpc) is 2.60. The van der Waals surface area contributed by atoms with Gasteiger partial charge in [0.1, 0.15) is 6.17 Å². The molecule has 0 saturated carbocycles. The van der Waals surface area contributed by atoms with E-state index in [1.807, 2.05) is 0 Å². The maximum Gasteiger partial charge on any atom is 0.176 e. The molecule has 0 amide bonds. The van der Waals surface area contributed by atoms with Crippen molar-refractivity contribution >= 4 is 5.78 Å². The number of benzene rings is 1. The van der Waals surface area contributed by atoms with Gasteiger partial charge in [-0.1, -0.05) is 0 Å². The molecule has 2 N–H and O–H groups in total. The Bertz CT molecular complexity index is 460. The number of ether oxygens (including phenoxy) is 2. The zero-order valence-electron chi connectivity index (χ0n) is 10.2. The molecule has 0 aliphatic carbocycles. The molecule has 98 valence electrons. The van der Waals surface area contributed by atoms with E-state index in [1.54, 1.807) is 0 Å². The molecule has 5 heteroatoms. The van der Waals surface area contributed by atoms with Crippen LogP contribution in [0.4, 0.5) is 4.39 Å². The van der Waals surface area contributed by atoms with Crippen LogP contribution in [0.15, 0.2) is 12.1 Å². The molecule has 0 radical (unpaired) electrons. The van der Waals surface area contributed by atoms with E-state index in [9.17, 15) is 9.18 Å². The molecular weight excluding hydrogens is 237 g/mol. The van der Waals surface area contributed by atoms with Crippen LogP contribution in [0.1, 0.15) is 35.4 Å². The van der Waals surface area contributed by atoms with Gasteiger partial charge in [0.25, 0.3) is 0 Å². The first kappa shape index (κ1) is 12.8. The van der Waals surface area contributed by atoms with E-state index in [2.05, 4.69) is 0 Å². The van der Waals surface area contributed by atoms with Crippen molar-refractivity contribution in [2.24, 2.45) is 5.73 Å². The van der Waals surface area contributed by atoms with Crippen LogP contribution < -0.4 is 15.2 Å². The van der Waals surface area contributed by atoms with Gasteiger partial charge in [0, 0.05) is 17.5 Å². The first-order valence-electron chi connectivity index (χ1n) is 5.94. The number of rotatable bonds is 3. The van der Waals surface area contributed by atoms with Crippen LogP contribution in [0, 0.1) is 0 Å². The van der Waals surface area contributed by atoms with Crippen LogP contribution in [-0.4, -0.2) is 25.5 Å². The molecule has 1 aromatic carbocycles. The molecule has 1 heterocycles. The lowest BCUT2D eigenvalue weighted by atomic mass is 9.99. The fraction of sp³-hybridized carbons (Fsp3) is 0.462.